The number of rotatable bonds is 7. The number of benzene rings is 2. The van der Waals surface area contributed by atoms with Gasteiger partial charge in [-0.2, -0.15) is 0 Å². The molecule has 5 nitrogen and oxygen atoms in total. The van der Waals surface area contributed by atoms with Crippen molar-refractivity contribution in [3.05, 3.63) is 92.4 Å². The summed E-state index contributed by atoms with van der Waals surface area (Å²) >= 11 is 2.91. The highest BCUT2D eigenvalue weighted by atomic mass is 32.2. The topological polar surface area (TPSA) is 64.0 Å². The van der Waals surface area contributed by atoms with Crippen molar-refractivity contribution in [3.8, 4) is 0 Å². The Morgan fingerprint density at radius 1 is 1.13 bits per heavy atom. The zero-order valence-electron chi connectivity index (χ0n) is 17.4. The third-order valence-corrected chi connectivity index (χ3v) is 6.93. The predicted molar refractivity (Wildman–Crippen MR) is 128 cm³/mol. The molecule has 158 valence electrons. The average molecular weight is 450 g/mol. The molecule has 31 heavy (non-hydrogen) atoms. The Morgan fingerprint density at radius 2 is 1.90 bits per heavy atom. The Bertz CT molecular complexity index is 1250. The van der Waals surface area contributed by atoms with E-state index >= 15 is 0 Å². The zero-order valence-corrected chi connectivity index (χ0v) is 19.0. The Morgan fingerprint density at radius 3 is 2.61 bits per heavy atom. The molecule has 2 aromatic heterocycles. The molecule has 0 spiro atoms. The number of hydrogen-bond acceptors (Lipinski definition) is 5. The van der Waals surface area contributed by atoms with Gasteiger partial charge in [-0.3, -0.25) is 14.2 Å². The largest absolute Gasteiger partial charge is 0.344 e. The van der Waals surface area contributed by atoms with Crippen LogP contribution in [0.15, 0.2) is 76.0 Å². The molecule has 0 bridgehead atoms. The molecule has 1 amide bonds. The van der Waals surface area contributed by atoms with Crippen LogP contribution in [0.5, 0.6) is 0 Å². The van der Waals surface area contributed by atoms with Crippen molar-refractivity contribution < 1.29 is 4.79 Å². The van der Waals surface area contributed by atoms with Crippen LogP contribution in [0.2, 0.25) is 0 Å². The van der Waals surface area contributed by atoms with Gasteiger partial charge >= 0.3 is 0 Å². The van der Waals surface area contributed by atoms with Crippen LogP contribution in [0.3, 0.4) is 0 Å². The molecule has 0 fully saturated rings. The van der Waals surface area contributed by atoms with Gasteiger partial charge < -0.3 is 5.32 Å². The van der Waals surface area contributed by atoms with E-state index in [1.54, 1.807) is 22.0 Å². The summed E-state index contributed by atoms with van der Waals surface area (Å²) in [6.45, 7) is 4.46. The summed E-state index contributed by atoms with van der Waals surface area (Å²) in [5.74, 6) is 0.0763. The highest BCUT2D eigenvalue weighted by molar-refractivity contribution is 7.99. The Hall–Kier alpha value is -2.90. The lowest BCUT2D eigenvalue weighted by Crippen LogP contribution is -2.30. The van der Waals surface area contributed by atoms with Gasteiger partial charge in [0.2, 0.25) is 5.91 Å². The van der Waals surface area contributed by atoms with E-state index in [4.69, 9.17) is 0 Å². The predicted octanol–water partition coefficient (Wildman–Crippen LogP) is 4.78. The molecule has 0 saturated carbocycles. The van der Waals surface area contributed by atoms with Crippen molar-refractivity contribution in [2.45, 2.75) is 31.6 Å². The highest BCUT2D eigenvalue weighted by Crippen LogP contribution is 2.27. The van der Waals surface area contributed by atoms with Crippen LogP contribution in [-0.2, 0) is 11.3 Å². The van der Waals surface area contributed by atoms with Crippen LogP contribution in [0, 0.1) is 6.92 Å². The molecular formula is C24H23N3O2S2. The first-order valence-corrected chi connectivity index (χ1v) is 11.9. The number of amides is 1. The van der Waals surface area contributed by atoms with Crippen LogP contribution < -0.4 is 10.9 Å². The SMILES string of the molecule is CCn1c(SCC(=O)NC(c2ccc(C)cc2)c2cccs2)nc2ccccc2c1=O. The Labute approximate surface area is 189 Å². The zero-order chi connectivity index (χ0) is 21.8. The maximum absolute atomic E-state index is 12.9. The minimum Gasteiger partial charge on any atom is -0.344 e. The number of nitrogens with zero attached hydrogens (tertiary/aromatic N) is 2. The molecule has 7 heteroatoms. The van der Waals surface area contributed by atoms with E-state index in [1.807, 2.05) is 61.7 Å². The first-order chi connectivity index (χ1) is 15.1. The molecule has 2 heterocycles. The van der Waals surface area contributed by atoms with Gasteiger partial charge in [0.1, 0.15) is 0 Å². The van der Waals surface area contributed by atoms with Crippen LogP contribution in [0.1, 0.15) is 29.0 Å². The van der Waals surface area contributed by atoms with Crippen LogP contribution in [0.4, 0.5) is 0 Å². The minimum atomic E-state index is -0.202. The normalized spacial score (nSPS) is 12.1. The second-order valence-corrected chi connectivity index (χ2v) is 9.10. The van der Waals surface area contributed by atoms with Gasteiger partial charge in [-0.25, -0.2) is 4.98 Å². The quantitative estimate of drug-likeness (QED) is 0.326. The fourth-order valence-electron chi connectivity index (χ4n) is 3.40. The van der Waals surface area contributed by atoms with Crippen molar-refractivity contribution in [3.63, 3.8) is 0 Å². The molecule has 0 aliphatic heterocycles. The molecule has 2 aromatic carbocycles. The lowest BCUT2D eigenvalue weighted by Gasteiger charge is -2.18. The highest BCUT2D eigenvalue weighted by Gasteiger charge is 2.19. The molecular weight excluding hydrogens is 426 g/mol. The van der Waals surface area contributed by atoms with Gasteiger partial charge in [0.25, 0.3) is 5.56 Å². The van der Waals surface area contributed by atoms with Crippen molar-refractivity contribution in [1.82, 2.24) is 14.9 Å². The van der Waals surface area contributed by atoms with E-state index in [0.29, 0.717) is 22.6 Å². The number of hydrogen-bond donors (Lipinski definition) is 1. The molecule has 0 aliphatic rings. The standard InChI is InChI=1S/C24H23N3O2S2/c1-3-27-23(29)18-7-4-5-8-19(18)25-24(27)31-15-21(28)26-22(20-9-6-14-30-20)17-12-10-16(2)11-13-17/h4-14,22H,3,15H2,1-2H3,(H,26,28). The smallest absolute Gasteiger partial charge is 0.262 e. The maximum atomic E-state index is 12.9. The second-order valence-electron chi connectivity index (χ2n) is 7.18. The number of carbonyl (C=O) groups is 1. The average Bonchev–Trinajstić information content (AvgIpc) is 3.31. The van der Waals surface area contributed by atoms with Gasteiger partial charge in [0, 0.05) is 11.4 Å². The number of nitrogens with one attached hydrogen (secondary N) is 1. The number of fused-ring (bicyclic) bond motifs is 1. The third kappa shape index (κ3) is 4.73. The summed E-state index contributed by atoms with van der Waals surface area (Å²) in [7, 11) is 0. The molecule has 0 aliphatic carbocycles. The molecule has 1 atom stereocenters. The second kappa shape index (κ2) is 9.49. The van der Waals surface area contributed by atoms with E-state index < -0.39 is 0 Å². The van der Waals surface area contributed by atoms with Crippen LogP contribution in [0.25, 0.3) is 10.9 Å². The third-order valence-electron chi connectivity index (χ3n) is 5.02. The number of para-hydroxylation sites is 1. The van der Waals surface area contributed by atoms with Gasteiger partial charge in [-0.1, -0.05) is 59.8 Å². The fraction of sp³-hybridized carbons (Fsp3) is 0.208. The molecule has 4 rings (SSSR count). The molecule has 0 saturated heterocycles. The van der Waals surface area contributed by atoms with Crippen molar-refractivity contribution in [2.75, 3.05) is 5.75 Å². The van der Waals surface area contributed by atoms with E-state index in [1.165, 1.54) is 17.3 Å². The first kappa shape index (κ1) is 21.3. The van der Waals surface area contributed by atoms with Gasteiger partial charge in [-0.15, -0.1) is 11.3 Å². The van der Waals surface area contributed by atoms with Gasteiger partial charge in [0.05, 0.1) is 22.7 Å². The fourth-order valence-corrected chi connectivity index (χ4v) is 5.08. The van der Waals surface area contributed by atoms with E-state index in [0.717, 1.165) is 10.4 Å². The maximum Gasteiger partial charge on any atom is 0.262 e. The molecule has 1 N–H and O–H groups in total. The van der Waals surface area contributed by atoms with E-state index in [-0.39, 0.29) is 23.3 Å². The summed E-state index contributed by atoms with van der Waals surface area (Å²) in [5.41, 5.74) is 2.79. The Balaban J connectivity index is 1.54. The summed E-state index contributed by atoms with van der Waals surface area (Å²) in [5, 5.41) is 6.31. The van der Waals surface area contributed by atoms with Crippen molar-refractivity contribution in [2.24, 2.45) is 0 Å². The minimum absolute atomic E-state index is 0.0767. The van der Waals surface area contributed by atoms with Gasteiger partial charge in [-0.05, 0) is 43.0 Å². The number of thiophene rings is 1. The lowest BCUT2D eigenvalue weighted by atomic mass is 10.0. The van der Waals surface area contributed by atoms with Crippen LogP contribution in [-0.4, -0.2) is 21.2 Å². The number of aromatic nitrogens is 2. The number of thioether (sulfide) groups is 1. The van der Waals surface area contributed by atoms with Crippen molar-refractivity contribution >= 4 is 39.9 Å². The summed E-state index contributed by atoms with van der Waals surface area (Å²) in [6, 6.07) is 19.3. The number of aryl methyl sites for hydroxylation is 1. The summed E-state index contributed by atoms with van der Waals surface area (Å²) in [6.07, 6.45) is 0. The van der Waals surface area contributed by atoms with Gasteiger partial charge in [0.15, 0.2) is 5.16 Å². The summed E-state index contributed by atoms with van der Waals surface area (Å²) < 4.78 is 1.62. The Kier molecular flexibility index (Phi) is 6.53. The van der Waals surface area contributed by atoms with E-state index in [2.05, 4.69) is 22.4 Å². The first-order valence-electron chi connectivity index (χ1n) is 10.1. The van der Waals surface area contributed by atoms with Crippen molar-refractivity contribution in [1.29, 1.82) is 0 Å². The number of carbonyl (C=O) groups excluding carboxylic acids is 1. The molecule has 1 unspecified atom stereocenters. The monoisotopic (exact) mass is 449 g/mol. The van der Waals surface area contributed by atoms with E-state index in [9.17, 15) is 9.59 Å². The lowest BCUT2D eigenvalue weighted by molar-refractivity contribution is -0.119. The summed E-state index contributed by atoms with van der Waals surface area (Å²) in [4.78, 5) is 31.4. The molecule has 0 radical (unpaired) electrons. The molecule has 4 aromatic rings. The van der Waals surface area contributed by atoms with Crippen LogP contribution >= 0.6 is 23.1 Å².